The van der Waals surface area contributed by atoms with E-state index in [1.165, 1.54) is 21.4 Å². The molecule has 3 aromatic carbocycles. The molecule has 0 atom stereocenters. The number of nitrogens with zero attached hydrogens (tertiary/aromatic N) is 2. The standard InChI is InChI=1S/C25H21N3S2/c1-3-17-8-13-21-23(14-17)30-25(28-21)26-19-11-9-18(10-12-19)22-15-29-24(27-22)20-7-5-4-6-16(20)2/h4-15H,3H2,1-2H3,(H,26,28). The van der Waals surface area contributed by atoms with Crippen LogP contribution < -0.4 is 5.32 Å². The van der Waals surface area contributed by atoms with Crippen molar-refractivity contribution in [2.75, 3.05) is 5.32 Å². The summed E-state index contributed by atoms with van der Waals surface area (Å²) in [4.78, 5) is 9.56. The average Bonchev–Trinajstić information content (AvgIpc) is 3.41. The Bertz CT molecular complexity index is 1320. The molecule has 0 saturated carbocycles. The molecule has 0 aliphatic heterocycles. The van der Waals surface area contributed by atoms with Gasteiger partial charge in [0.05, 0.1) is 15.9 Å². The number of rotatable bonds is 5. The molecule has 0 spiro atoms. The lowest BCUT2D eigenvalue weighted by Gasteiger charge is -2.04. The summed E-state index contributed by atoms with van der Waals surface area (Å²) < 4.78 is 1.22. The Morgan fingerprint density at radius 3 is 2.57 bits per heavy atom. The molecule has 0 saturated heterocycles. The zero-order chi connectivity index (χ0) is 20.5. The Hall–Kier alpha value is -3.02. The maximum Gasteiger partial charge on any atom is 0.188 e. The first-order valence-corrected chi connectivity index (χ1v) is 11.7. The van der Waals surface area contributed by atoms with Crippen LogP contribution >= 0.6 is 22.7 Å². The fraction of sp³-hybridized carbons (Fsp3) is 0.120. The van der Waals surface area contributed by atoms with Crippen LogP contribution in [0.25, 0.3) is 32.0 Å². The van der Waals surface area contributed by atoms with Crippen molar-refractivity contribution in [1.82, 2.24) is 9.97 Å². The van der Waals surface area contributed by atoms with E-state index in [4.69, 9.17) is 9.97 Å². The lowest BCUT2D eigenvalue weighted by atomic mass is 10.1. The second kappa shape index (κ2) is 8.01. The highest BCUT2D eigenvalue weighted by molar-refractivity contribution is 7.22. The minimum atomic E-state index is 0.918. The van der Waals surface area contributed by atoms with Crippen molar-refractivity contribution < 1.29 is 0 Å². The molecule has 0 fully saturated rings. The number of fused-ring (bicyclic) bond motifs is 1. The summed E-state index contributed by atoms with van der Waals surface area (Å²) in [5.41, 5.74) is 8.00. The van der Waals surface area contributed by atoms with Gasteiger partial charge in [-0.2, -0.15) is 0 Å². The van der Waals surface area contributed by atoms with Crippen LogP contribution in [0.15, 0.2) is 72.1 Å². The quantitative estimate of drug-likeness (QED) is 0.312. The first-order valence-electron chi connectivity index (χ1n) is 9.98. The number of thiazole rings is 2. The highest BCUT2D eigenvalue weighted by Gasteiger charge is 2.09. The Balaban J connectivity index is 1.35. The molecule has 2 aromatic heterocycles. The molecule has 2 heterocycles. The number of benzene rings is 3. The number of hydrogen-bond acceptors (Lipinski definition) is 5. The van der Waals surface area contributed by atoms with E-state index >= 15 is 0 Å². The normalized spacial score (nSPS) is 11.1. The molecule has 0 bridgehead atoms. The number of anilines is 2. The van der Waals surface area contributed by atoms with Crippen LogP contribution in [0.1, 0.15) is 18.1 Å². The van der Waals surface area contributed by atoms with Crippen molar-refractivity contribution in [2.45, 2.75) is 20.3 Å². The summed E-state index contributed by atoms with van der Waals surface area (Å²) in [7, 11) is 0. The fourth-order valence-corrected chi connectivity index (χ4v) is 5.30. The van der Waals surface area contributed by atoms with E-state index in [9.17, 15) is 0 Å². The summed E-state index contributed by atoms with van der Waals surface area (Å²) in [6.45, 7) is 4.30. The van der Waals surface area contributed by atoms with E-state index in [-0.39, 0.29) is 0 Å². The summed E-state index contributed by atoms with van der Waals surface area (Å²) in [5, 5.41) is 7.55. The van der Waals surface area contributed by atoms with Crippen LogP contribution in [0.2, 0.25) is 0 Å². The average molecular weight is 428 g/mol. The molecule has 3 nitrogen and oxygen atoms in total. The van der Waals surface area contributed by atoms with Crippen molar-refractivity contribution in [1.29, 1.82) is 0 Å². The molecular formula is C25H21N3S2. The van der Waals surface area contributed by atoms with E-state index < -0.39 is 0 Å². The van der Waals surface area contributed by atoms with E-state index in [1.807, 2.05) is 0 Å². The van der Waals surface area contributed by atoms with Gasteiger partial charge in [0.25, 0.3) is 0 Å². The second-order valence-electron chi connectivity index (χ2n) is 7.23. The molecule has 0 radical (unpaired) electrons. The van der Waals surface area contributed by atoms with Gasteiger partial charge in [-0.1, -0.05) is 60.7 Å². The third kappa shape index (κ3) is 3.74. The fourth-order valence-electron chi connectivity index (χ4n) is 3.43. The largest absolute Gasteiger partial charge is 0.332 e. The van der Waals surface area contributed by atoms with Gasteiger partial charge in [-0.15, -0.1) is 11.3 Å². The predicted octanol–water partition coefficient (Wildman–Crippen LogP) is 7.70. The first kappa shape index (κ1) is 19.0. The number of nitrogens with one attached hydrogen (secondary N) is 1. The monoisotopic (exact) mass is 427 g/mol. The molecule has 0 unspecified atom stereocenters. The number of aryl methyl sites for hydroxylation is 2. The molecule has 0 aliphatic carbocycles. The minimum Gasteiger partial charge on any atom is -0.332 e. The van der Waals surface area contributed by atoms with Gasteiger partial charge < -0.3 is 5.32 Å². The summed E-state index contributed by atoms with van der Waals surface area (Å²) in [6, 6.07) is 23.3. The van der Waals surface area contributed by atoms with Gasteiger partial charge in [-0.25, -0.2) is 9.97 Å². The maximum atomic E-state index is 4.86. The summed E-state index contributed by atoms with van der Waals surface area (Å²) in [6.07, 6.45) is 1.04. The highest BCUT2D eigenvalue weighted by Crippen LogP contribution is 2.32. The molecule has 0 amide bonds. The van der Waals surface area contributed by atoms with Crippen LogP contribution in [0.5, 0.6) is 0 Å². The Morgan fingerprint density at radius 2 is 1.77 bits per heavy atom. The highest BCUT2D eigenvalue weighted by atomic mass is 32.1. The minimum absolute atomic E-state index is 0.918. The van der Waals surface area contributed by atoms with E-state index in [1.54, 1.807) is 22.7 Å². The number of aromatic nitrogens is 2. The molecule has 148 valence electrons. The van der Waals surface area contributed by atoms with Crippen molar-refractivity contribution in [2.24, 2.45) is 0 Å². The Kier molecular flexibility index (Phi) is 5.07. The maximum absolute atomic E-state index is 4.86. The van der Waals surface area contributed by atoms with Gasteiger partial charge >= 0.3 is 0 Å². The van der Waals surface area contributed by atoms with Gasteiger partial charge in [-0.3, -0.25) is 0 Å². The molecule has 5 rings (SSSR count). The third-order valence-corrected chi connectivity index (χ3v) is 6.98. The predicted molar refractivity (Wildman–Crippen MR) is 130 cm³/mol. The Morgan fingerprint density at radius 1 is 0.933 bits per heavy atom. The Labute approximate surface area is 184 Å². The van der Waals surface area contributed by atoms with Gasteiger partial charge in [-0.05, 0) is 48.7 Å². The lowest BCUT2D eigenvalue weighted by molar-refractivity contribution is 1.15. The van der Waals surface area contributed by atoms with Crippen molar-refractivity contribution in [3.63, 3.8) is 0 Å². The second-order valence-corrected chi connectivity index (χ2v) is 9.12. The topological polar surface area (TPSA) is 37.8 Å². The van der Waals surface area contributed by atoms with Crippen LogP contribution in [-0.2, 0) is 6.42 Å². The van der Waals surface area contributed by atoms with Gasteiger partial charge in [0.2, 0.25) is 0 Å². The lowest BCUT2D eigenvalue weighted by Crippen LogP contribution is -1.89. The zero-order valence-corrected chi connectivity index (χ0v) is 18.5. The summed E-state index contributed by atoms with van der Waals surface area (Å²) >= 11 is 3.38. The van der Waals surface area contributed by atoms with Crippen molar-refractivity contribution in [3.8, 4) is 21.8 Å². The van der Waals surface area contributed by atoms with E-state index in [0.717, 1.165) is 39.0 Å². The van der Waals surface area contributed by atoms with Gasteiger partial charge in [0.15, 0.2) is 5.13 Å². The molecule has 1 N–H and O–H groups in total. The van der Waals surface area contributed by atoms with Gasteiger partial charge in [0, 0.05) is 22.2 Å². The van der Waals surface area contributed by atoms with Crippen LogP contribution in [0, 0.1) is 6.92 Å². The SMILES string of the molecule is CCc1ccc2nc(Nc3ccc(-c4csc(-c5ccccc5C)n4)cc3)sc2c1. The molecule has 5 heteroatoms. The van der Waals surface area contributed by atoms with Crippen molar-refractivity contribution >= 4 is 43.7 Å². The third-order valence-electron chi connectivity index (χ3n) is 5.17. The van der Waals surface area contributed by atoms with Crippen LogP contribution in [0.3, 0.4) is 0 Å². The molecule has 0 aliphatic rings. The van der Waals surface area contributed by atoms with E-state index in [2.05, 4.69) is 91.3 Å². The molecule has 5 aromatic rings. The van der Waals surface area contributed by atoms with E-state index in [0.29, 0.717) is 0 Å². The van der Waals surface area contributed by atoms with Crippen LogP contribution in [-0.4, -0.2) is 9.97 Å². The zero-order valence-electron chi connectivity index (χ0n) is 16.8. The number of hydrogen-bond donors (Lipinski definition) is 1. The first-order chi connectivity index (χ1) is 14.7. The molecular weight excluding hydrogens is 406 g/mol. The smallest absolute Gasteiger partial charge is 0.188 e. The van der Waals surface area contributed by atoms with Crippen molar-refractivity contribution in [3.05, 3.63) is 83.2 Å². The van der Waals surface area contributed by atoms with Crippen LogP contribution in [0.4, 0.5) is 10.8 Å². The van der Waals surface area contributed by atoms with Gasteiger partial charge in [0.1, 0.15) is 5.01 Å². The summed E-state index contributed by atoms with van der Waals surface area (Å²) in [5.74, 6) is 0. The molecule has 30 heavy (non-hydrogen) atoms.